The normalized spacial score (nSPS) is 12.4. The Morgan fingerprint density at radius 2 is 2.06 bits per heavy atom. The van der Waals surface area contributed by atoms with Crippen molar-refractivity contribution in [2.75, 3.05) is 39.4 Å². The molecule has 0 spiro atoms. The van der Waals surface area contributed by atoms with E-state index in [4.69, 9.17) is 9.47 Å². The summed E-state index contributed by atoms with van der Waals surface area (Å²) in [5, 5.41) is 3.36. The summed E-state index contributed by atoms with van der Waals surface area (Å²) in [6.07, 6.45) is 3.23. The fourth-order valence-corrected chi connectivity index (χ4v) is 2.30. The molecular formula is C14H23NO2S. The van der Waals surface area contributed by atoms with Gasteiger partial charge in [0, 0.05) is 18.7 Å². The minimum atomic E-state index is 0.344. The van der Waals surface area contributed by atoms with Crippen molar-refractivity contribution in [2.45, 2.75) is 12.5 Å². The van der Waals surface area contributed by atoms with E-state index in [0.29, 0.717) is 19.3 Å². The fraction of sp³-hybridized carbons (Fsp3) is 0.571. The lowest BCUT2D eigenvalue weighted by Crippen LogP contribution is -2.18. The molecular weight excluding hydrogens is 246 g/mol. The molecule has 102 valence electrons. The van der Waals surface area contributed by atoms with E-state index in [9.17, 15) is 0 Å². The maximum atomic E-state index is 5.77. The Morgan fingerprint density at radius 1 is 1.28 bits per heavy atom. The minimum absolute atomic E-state index is 0.344. The van der Waals surface area contributed by atoms with Crippen LogP contribution in [-0.2, 0) is 4.74 Å². The molecule has 1 aromatic carbocycles. The fourth-order valence-electron chi connectivity index (χ4n) is 1.83. The van der Waals surface area contributed by atoms with E-state index < -0.39 is 0 Å². The van der Waals surface area contributed by atoms with E-state index in [1.165, 1.54) is 5.56 Å². The van der Waals surface area contributed by atoms with Gasteiger partial charge in [0.25, 0.3) is 0 Å². The van der Waals surface area contributed by atoms with E-state index in [-0.39, 0.29) is 0 Å². The molecule has 0 fully saturated rings. The Labute approximate surface area is 114 Å². The van der Waals surface area contributed by atoms with Crippen molar-refractivity contribution < 1.29 is 9.47 Å². The van der Waals surface area contributed by atoms with E-state index in [0.717, 1.165) is 17.9 Å². The first-order chi connectivity index (χ1) is 8.83. The van der Waals surface area contributed by atoms with Gasteiger partial charge in [-0.1, -0.05) is 18.2 Å². The van der Waals surface area contributed by atoms with Crippen LogP contribution in [0.5, 0.6) is 5.75 Å². The zero-order valence-corrected chi connectivity index (χ0v) is 12.3. The number of ether oxygens (including phenoxy) is 2. The molecule has 0 heterocycles. The highest BCUT2D eigenvalue weighted by Gasteiger charge is 2.13. The molecule has 1 rings (SSSR count). The Hall–Kier alpha value is -0.710. The highest BCUT2D eigenvalue weighted by Crippen LogP contribution is 2.27. The molecule has 0 bridgehead atoms. The lowest BCUT2D eigenvalue weighted by Gasteiger charge is -2.19. The van der Waals surface area contributed by atoms with Gasteiger partial charge in [-0.2, -0.15) is 11.8 Å². The Morgan fingerprint density at radius 3 is 2.72 bits per heavy atom. The first-order valence-corrected chi connectivity index (χ1v) is 7.59. The Balaban J connectivity index is 2.71. The molecule has 1 aromatic rings. The number of nitrogens with one attached hydrogen (secondary N) is 1. The van der Waals surface area contributed by atoms with Gasteiger partial charge in [-0.05, 0) is 31.5 Å². The second-order valence-electron chi connectivity index (χ2n) is 4.00. The average Bonchev–Trinajstić information content (AvgIpc) is 2.41. The van der Waals surface area contributed by atoms with Crippen LogP contribution in [0.25, 0.3) is 0 Å². The maximum Gasteiger partial charge on any atom is 0.124 e. The predicted octanol–water partition coefficient (Wildman–Crippen LogP) is 2.73. The van der Waals surface area contributed by atoms with Gasteiger partial charge in [-0.3, -0.25) is 0 Å². The second kappa shape index (κ2) is 9.25. The van der Waals surface area contributed by atoms with Crippen LogP contribution in [0, 0.1) is 0 Å². The zero-order chi connectivity index (χ0) is 13.2. The summed E-state index contributed by atoms with van der Waals surface area (Å²) in [4.78, 5) is 0. The molecule has 1 N–H and O–H groups in total. The largest absolute Gasteiger partial charge is 0.491 e. The summed E-state index contributed by atoms with van der Waals surface area (Å²) in [6.45, 7) is 1.20. The number of thioether (sulfide) groups is 1. The van der Waals surface area contributed by atoms with Gasteiger partial charge in [0.2, 0.25) is 0 Å². The van der Waals surface area contributed by atoms with E-state index in [1.807, 2.05) is 30.9 Å². The number of benzene rings is 1. The molecule has 4 heteroatoms. The summed E-state index contributed by atoms with van der Waals surface area (Å²) < 4.78 is 10.8. The molecule has 0 amide bonds. The summed E-state index contributed by atoms with van der Waals surface area (Å²) >= 11 is 1.87. The molecule has 1 atom stereocenters. The first kappa shape index (κ1) is 15.3. The molecule has 18 heavy (non-hydrogen) atoms. The molecule has 0 saturated carbocycles. The SMILES string of the molecule is CNC(CCSC)c1ccccc1OCCOC. The third kappa shape index (κ3) is 4.88. The molecule has 3 nitrogen and oxygen atoms in total. The monoisotopic (exact) mass is 269 g/mol. The van der Waals surface area contributed by atoms with Crippen LogP contribution in [0.3, 0.4) is 0 Å². The van der Waals surface area contributed by atoms with E-state index in [2.05, 4.69) is 23.7 Å². The van der Waals surface area contributed by atoms with Crippen LogP contribution in [0.2, 0.25) is 0 Å². The number of rotatable bonds is 9. The number of hydrogen-bond acceptors (Lipinski definition) is 4. The van der Waals surface area contributed by atoms with Crippen molar-refractivity contribution in [3.05, 3.63) is 29.8 Å². The van der Waals surface area contributed by atoms with E-state index in [1.54, 1.807) is 7.11 Å². The summed E-state index contributed by atoms with van der Waals surface area (Å²) in [5.74, 6) is 2.09. The van der Waals surface area contributed by atoms with Crippen molar-refractivity contribution in [3.8, 4) is 5.75 Å². The lowest BCUT2D eigenvalue weighted by molar-refractivity contribution is 0.145. The maximum absolute atomic E-state index is 5.77. The van der Waals surface area contributed by atoms with Gasteiger partial charge in [0.15, 0.2) is 0 Å². The third-order valence-electron chi connectivity index (χ3n) is 2.80. The second-order valence-corrected chi connectivity index (χ2v) is 4.99. The molecule has 0 aliphatic carbocycles. The van der Waals surface area contributed by atoms with Crippen molar-refractivity contribution in [2.24, 2.45) is 0 Å². The lowest BCUT2D eigenvalue weighted by atomic mass is 10.0. The number of hydrogen-bond donors (Lipinski definition) is 1. The predicted molar refractivity (Wildman–Crippen MR) is 78.6 cm³/mol. The molecule has 1 unspecified atom stereocenters. The summed E-state index contributed by atoms with van der Waals surface area (Å²) in [5.41, 5.74) is 1.23. The van der Waals surface area contributed by atoms with Gasteiger partial charge in [0.05, 0.1) is 6.61 Å². The van der Waals surface area contributed by atoms with Crippen LogP contribution in [0.4, 0.5) is 0 Å². The van der Waals surface area contributed by atoms with Crippen LogP contribution in [-0.4, -0.2) is 39.4 Å². The highest BCUT2D eigenvalue weighted by atomic mass is 32.2. The smallest absolute Gasteiger partial charge is 0.124 e. The Bertz CT molecular complexity index is 333. The number of para-hydroxylation sites is 1. The zero-order valence-electron chi connectivity index (χ0n) is 11.4. The van der Waals surface area contributed by atoms with Crippen molar-refractivity contribution in [1.29, 1.82) is 0 Å². The van der Waals surface area contributed by atoms with Crippen LogP contribution >= 0.6 is 11.8 Å². The van der Waals surface area contributed by atoms with Crippen LogP contribution in [0.1, 0.15) is 18.0 Å². The van der Waals surface area contributed by atoms with Gasteiger partial charge in [-0.25, -0.2) is 0 Å². The minimum Gasteiger partial charge on any atom is -0.491 e. The van der Waals surface area contributed by atoms with Gasteiger partial charge < -0.3 is 14.8 Å². The molecule has 0 aromatic heterocycles. The quantitative estimate of drug-likeness (QED) is 0.698. The van der Waals surface area contributed by atoms with Gasteiger partial charge >= 0.3 is 0 Å². The van der Waals surface area contributed by atoms with Gasteiger partial charge in [-0.15, -0.1) is 0 Å². The summed E-state index contributed by atoms with van der Waals surface area (Å²) in [7, 11) is 3.68. The van der Waals surface area contributed by atoms with E-state index >= 15 is 0 Å². The number of methoxy groups -OCH3 is 1. The molecule has 0 aliphatic heterocycles. The Kier molecular flexibility index (Phi) is 7.89. The molecule has 0 aliphatic rings. The first-order valence-electron chi connectivity index (χ1n) is 6.20. The van der Waals surface area contributed by atoms with Crippen LogP contribution < -0.4 is 10.1 Å². The van der Waals surface area contributed by atoms with Crippen molar-refractivity contribution in [3.63, 3.8) is 0 Å². The molecule has 0 radical (unpaired) electrons. The standard InChI is InChI=1S/C14H23NO2S/c1-15-13(8-11-18-3)12-6-4-5-7-14(12)17-10-9-16-2/h4-7,13,15H,8-11H2,1-3H3. The van der Waals surface area contributed by atoms with Gasteiger partial charge in [0.1, 0.15) is 12.4 Å². The highest BCUT2D eigenvalue weighted by molar-refractivity contribution is 7.98. The average molecular weight is 269 g/mol. The molecule has 0 saturated heterocycles. The van der Waals surface area contributed by atoms with Crippen molar-refractivity contribution in [1.82, 2.24) is 5.32 Å². The topological polar surface area (TPSA) is 30.5 Å². The summed E-state index contributed by atoms with van der Waals surface area (Å²) in [6, 6.07) is 8.56. The van der Waals surface area contributed by atoms with Crippen molar-refractivity contribution >= 4 is 11.8 Å². The third-order valence-corrected chi connectivity index (χ3v) is 3.44. The van der Waals surface area contributed by atoms with Crippen LogP contribution in [0.15, 0.2) is 24.3 Å².